The van der Waals surface area contributed by atoms with E-state index >= 15 is 0 Å². The number of aryl methyl sites for hydroxylation is 1. The molecule has 1 saturated carbocycles. The van der Waals surface area contributed by atoms with Crippen LogP contribution in [0.25, 0.3) is 0 Å². The van der Waals surface area contributed by atoms with Crippen LogP contribution in [0.2, 0.25) is 0 Å². The average molecular weight is 321 g/mol. The Morgan fingerprint density at radius 1 is 1.36 bits per heavy atom. The maximum absolute atomic E-state index is 12.6. The van der Waals surface area contributed by atoms with Crippen molar-refractivity contribution in [3.8, 4) is 0 Å². The first-order valence-corrected chi connectivity index (χ1v) is 9.54. The van der Waals surface area contributed by atoms with Gasteiger partial charge in [-0.1, -0.05) is 31.0 Å². The van der Waals surface area contributed by atoms with E-state index in [2.05, 4.69) is 12.2 Å². The second-order valence-electron chi connectivity index (χ2n) is 6.77. The maximum atomic E-state index is 12.6. The topological polar surface area (TPSA) is 63.2 Å². The molecule has 1 heterocycles. The fourth-order valence-corrected chi connectivity index (χ4v) is 5.40. The van der Waals surface area contributed by atoms with E-state index < -0.39 is 15.1 Å². The molecule has 120 valence electrons. The van der Waals surface area contributed by atoms with Crippen molar-refractivity contribution in [1.82, 2.24) is 5.32 Å². The number of fused-ring (bicyclic) bond motifs is 1. The minimum atomic E-state index is -3.54. The quantitative estimate of drug-likeness (QED) is 0.926. The van der Waals surface area contributed by atoms with E-state index in [-0.39, 0.29) is 11.3 Å². The van der Waals surface area contributed by atoms with Gasteiger partial charge in [-0.3, -0.25) is 4.79 Å². The van der Waals surface area contributed by atoms with E-state index in [1.54, 1.807) is 12.1 Å². The molecule has 0 saturated heterocycles. The normalized spacial score (nSPS) is 24.4. The van der Waals surface area contributed by atoms with Crippen LogP contribution in [0.5, 0.6) is 0 Å². The molecule has 1 N–H and O–H groups in total. The molecule has 0 bridgehead atoms. The molecule has 1 atom stereocenters. The van der Waals surface area contributed by atoms with Crippen molar-refractivity contribution in [2.75, 3.05) is 6.54 Å². The van der Waals surface area contributed by atoms with Gasteiger partial charge >= 0.3 is 0 Å². The lowest BCUT2D eigenvalue weighted by Gasteiger charge is -2.41. The van der Waals surface area contributed by atoms with Gasteiger partial charge in [-0.15, -0.1) is 0 Å². The zero-order valence-electron chi connectivity index (χ0n) is 13.2. The number of rotatable bonds is 4. The van der Waals surface area contributed by atoms with Crippen LogP contribution in [0.15, 0.2) is 23.1 Å². The van der Waals surface area contributed by atoms with Gasteiger partial charge in [0, 0.05) is 6.54 Å². The molecule has 3 rings (SSSR count). The molecule has 1 aromatic carbocycles. The lowest BCUT2D eigenvalue weighted by atomic mass is 9.67. The Morgan fingerprint density at radius 2 is 2.09 bits per heavy atom. The van der Waals surface area contributed by atoms with Gasteiger partial charge in [0.2, 0.25) is 5.91 Å². The Kier molecular flexibility index (Phi) is 3.79. The van der Waals surface area contributed by atoms with E-state index in [1.165, 1.54) is 6.42 Å². The molecule has 1 aromatic rings. The first-order valence-electron chi connectivity index (χ1n) is 7.99. The van der Waals surface area contributed by atoms with Gasteiger partial charge in [-0.2, -0.15) is 0 Å². The lowest BCUT2D eigenvalue weighted by Crippen LogP contribution is -2.46. The minimum Gasteiger partial charge on any atom is -0.354 e. The highest BCUT2D eigenvalue weighted by atomic mass is 32.2. The van der Waals surface area contributed by atoms with Crippen molar-refractivity contribution >= 4 is 15.7 Å². The molecule has 2 aliphatic rings. The zero-order chi connectivity index (χ0) is 16.0. The van der Waals surface area contributed by atoms with E-state index in [0.717, 1.165) is 30.4 Å². The van der Waals surface area contributed by atoms with E-state index in [9.17, 15) is 13.2 Å². The predicted octanol–water partition coefficient (Wildman–Crippen LogP) is 2.39. The summed E-state index contributed by atoms with van der Waals surface area (Å²) < 4.78 is 25.1. The van der Waals surface area contributed by atoms with Gasteiger partial charge in [0.1, 0.15) is 5.25 Å². The highest BCUT2D eigenvalue weighted by Crippen LogP contribution is 2.43. The number of carbonyl (C=O) groups is 1. The third-order valence-corrected chi connectivity index (χ3v) is 7.54. The van der Waals surface area contributed by atoms with Crippen molar-refractivity contribution in [2.45, 2.75) is 56.1 Å². The Labute approximate surface area is 132 Å². The second kappa shape index (κ2) is 5.37. The van der Waals surface area contributed by atoms with E-state index in [4.69, 9.17) is 0 Å². The molecule has 5 heteroatoms. The summed E-state index contributed by atoms with van der Waals surface area (Å²) in [5.41, 5.74) is 1.99. The maximum Gasteiger partial charge on any atom is 0.239 e. The van der Waals surface area contributed by atoms with Crippen molar-refractivity contribution < 1.29 is 13.2 Å². The molecule has 4 nitrogen and oxygen atoms in total. The molecule has 0 aromatic heterocycles. The summed E-state index contributed by atoms with van der Waals surface area (Å²) in [6.45, 7) is 4.67. The molecule has 1 unspecified atom stereocenters. The molecule has 22 heavy (non-hydrogen) atoms. The number of benzene rings is 1. The summed E-state index contributed by atoms with van der Waals surface area (Å²) >= 11 is 0. The van der Waals surface area contributed by atoms with Crippen molar-refractivity contribution in [3.63, 3.8) is 0 Å². The van der Waals surface area contributed by atoms with Gasteiger partial charge in [0.25, 0.3) is 0 Å². The number of nitrogens with one attached hydrogen (secondary N) is 1. The summed E-state index contributed by atoms with van der Waals surface area (Å²) in [5.74, 6) is -0.339. The smallest absolute Gasteiger partial charge is 0.239 e. The van der Waals surface area contributed by atoms with Crippen LogP contribution < -0.4 is 5.32 Å². The fraction of sp³-hybridized carbons (Fsp3) is 0.588. The predicted molar refractivity (Wildman–Crippen MR) is 85.4 cm³/mol. The van der Waals surface area contributed by atoms with Gasteiger partial charge < -0.3 is 5.32 Å². The summed E-state index contributed by atoms with van der Waals surface area (Å²) in [6.07, 6.45) is 4.78. The molecular weight excluding hydrogens is 298 g/mol. The molecule has 1 fully saturated rings. The highest BCUT2D eigenvalue weighted by molar-refractivity contribution is 7.93. The van der Waals surface area contributed by atoms with Crippen LogP contribution >= 0.6 is 0 Å². The van der Waals surface area contributed by atoms with Crippen LogP contribution in [0, 0.1) is 12.3 Å². The molecule has 0 radical (unpaired) electrons. The number of amides is 1. The van der Waals surface area contributed by atoms with Crippen LogP contribution in [0.4, 0.5) is 0 Å². The van der Waals surface area contributed by atoms with Gasteiger partial charge in [0.15, 0.2) is 9.84 Å². The molecule has 0 spiro atoms. The number of carbonyl (C=O) groups excluding carboxylic acids is 1. The second-order valence-corrected chi connectivity index (χ2v) is 8.87. The zero-order valence-corrected chi connectivity index (χ0v) is 14.0. The Morgan fingerprint density at radius 3 is 2.68 bits per heavy atom. The van der Waals surface area contributed by atoms with Gasteiger partial charge in [0.05, 0.1) is 4.90 Å². The first kappa shape index (κ1) is 15.5. The molecule has 1 amide bonds. The Balaban J connectivity index is 1.74. The highest BCUT2D eigenvalue weighted by Gasteiger charge is 2.43. The summed E-state index contributed by atoms with van der Waals surface area (Å²) in [6, 6.07) is 5.30. The SMILES string of the molecule is CCC1(CNC(=O)C2Cc3cc(C)ccc3S2(=O)=O)CCC1. The standard InChI is InChI=1S/C17H23NO3S/c1-3-17(7-4-8-17)11-18-16(19)15-10-13-9-12(2)5-6-14(13)22(15,20)21/h5-6,9,15H,3-4,7-8,10-11H2,1-2H3,(H,18,19). The first-order chi connectivity index (χ1) is 10.4. The van der Waals surface area contributed by atoms with Gasteiger partial charge in [-0.25, -0.2) is 8.42 Å². The number of hydrogen-bond acceptors (Lipinski definition) is 3. The van der Waals surface area contributed by atoms with E-state index in [1.807, 2.05) is 13.0 Å². The fourth-order valence-electron chi connectivity index (χ4n) is 3.56. The largest absolute Gasteiger partial charge is 0.354 e. The number of sulfone groups is 1. The monoisotopic (exact) mass is 321 g/mol. The van der Waals surface area contributed by atoms with Crippen LogP contribution in [0.1, 0.15) is 43.7 Å². The van der Waals surface area contributed by atoms with Gasteiger partial charge in [-0.05, 0) is 49.7 Å². The van der Waals surface area contributed by atoms with Crippen LogP contribution in [-0.4, -0.2) is 26.1 Å². The molecule has 1 aliphatic carbocycles. The van der Waals surface area contributed by atoms with Crippen molar-refractivity contribution in [1.29, 1.82) is 0 Å². The lowest BCUT2D eigenvalue weighted by molar-refractivity contribution is -0.121. The van der Waals surface area contributed by atoms with Crippen molar-refractivity contribution in [3.05, 3.63) is 29.3 Å². The average Bonchev–Trinajstić information content (AvgIpc) is 2.69. The summed E-state index contributed by atoms with van der Waals surface area (Å²) in [7, 11) is -3.54. The Hall–Kier alpha value is -1.36. The molecule has 1 aliphatic heterocycles. The third kappa shape index (κ3) is 2.45. The van der Waals surface area contributed by atoms with Crippen LogP contribution in [0.3, 0.4) is 0 Å². The minimum absolute atomic E-state index is 0.196. The number of hydrogen-bond donors (Lipinski definition) is 1. The van der Waals surface area contributed by atoms with E-state index in [0.29, 0.717) is 17.9 Å². The molecular formula is C17H23NO3S. The summed E-state index contributed by atoms with van der Waals surface area (Å²) in [5, 5.41) is 1.95. The Bertz CT molecular complexity index is 699. The van der Waals surface area contributed by atoms with Crippen molar-refractivity contribution in [2.24, 2.45) is 5.41 Å². The van der Waals surface area contributed by atoms with Crippen LogP contribution in [-0.2, 0) is 21.1 Å². The summed E-state index contributed by atoms with van der Waals surface area (Å²) in [4.78, 5) is 12.8. The third-order valence-electron chi connectivity index (χ3n) is 5.40.